The molecule has 0 saturated heterocycles. The predicted octanol–water partition coefficient (Wildman–Crippen LogP) is 3.89. The summed E-state index contributed by atoms with van der Waals surface area (Å²) in [7, 11) is 0. The molecule has 1 N–H and O–H groups in total. The van der Waals surface area contributed by atoms with Crippen molar-refractivity contribution in [2.45, 2.75) is 20.8 Å². The maximum atomic E-state index is 4.67. The predicted molar refractivity (Wildman–Crippen MR) is 78.1 cm³/mol. The van der Waals surface area contributed by atoms with Gasteiger partial charge in [-0.25, -0.2) is 0 Å². The van der Waals surface area contributed by atoms with Crippen LogP contribution in [0, 0.1) is 17.4 Å². The van der Waals surface area contributed by atoms with E-state index in [2.05, 4.69) is 71.9 Å². The minimum absolute atomic E-state index is 0.935. The van der Waals surface area contributed by atoms with Crippen LogP contribution in [-0.2, 0) is 0 Å². The van der Waals surface area contributed by atoms with Crippen LogP contribution >= 0.6 is 22.6 Å². The van der Waals surface area contributed by atoms with Gasteiger partial charge in [0.15, 0.2) is 0 Å². The summed E-state index contributed by atoms with van der Waals surface area (Å²) < 4.78 is 1.21. The van der Waals surface area contributed by atoms with Crippen molar-refractivity contribution in [2.24, 2.45) is 0 Å². The van der Waals surface area contributed by atoms with Crippen LogP contribution in [0.15, 0.2) is 18.2 Å². The molecule has 1 aromatic heterocycles. The highest BCUT2D eigenvalue weighted by Crippen LogP contribution is 2.30. The SMILES string of the molecule is CCNc1c(C)c(C)nc2c(I)cccc12. The Bertz CT molecular complexity index is 535. The molecule has 3 heteroatoms. The van der Waals surface area contributed by atoms with Gasteiger partial charge in [0.2, 0.25) is 0 Å². The lowest BCUT2D eigenvalue weighted by molar-refractivity contribution is 1.15. The lowest BCUT2D eigenvalue weighted by atomic mass is 10.1. The third kappa shape index (κ3) is 1.88. The minimum atomic E-state index is 0.935. The summed E-state index contributed by atoms with van der Waals surface area (Å²) in [6.07, 6.45) is 0. The number of para-hydroxylation sites is 1. The molecule has 0 atom stereocenters. The van der Waals surface area contributed by atoms with Crippen molar-refractivity contribution < 1.29 is 0 Å². The van der Waals surface area contributed by atoms with E-state index >= 15 is 0 Å². The molecule has 1 heterocycles. The zero-order valence-electron chi connectivity index (χ0n) is 9.76. The molecule has 84 valence electrons. The number of rotatable bonds is 2. The largest absolute Gasteiger partial charge is 0.385 e. The summed E-state index contributed by atoms with van der Waals surface area (Å²) in [6.45, 7) is 7.25. The molecule has 0 unspecified atom stereocenters. The number of fused-ring (bicyclic) bond motifs is 1. The van der Waals surface area contributed by atoms with Gasteiger partial charge in [0.25, 0.3) is 0 Å². The lowest BCUT2D eigenvalue weighted by Crippen LogP contribution is -2.03. The number of anilines is 1. The molecule has 0 bridgehead atoms. The summed E-state index contributed by atoms with van der Waals surface area (Å²) in [4.78, 5) is 4.67. The molecule has 2 aromatic rings. The second kappa shape index (κ2) is 4.57. The van der Waals surface area contributed by atoms with Gasteiger partial charge in [0.1, 0.15) is 0 Å². The Labute approximate surface area is 110 Å². The van der Waals surface area contributed by atoms with Crippen LogP contribution in [0.4, 0.5) is 5.69 Å². The number of hydrogen-bond donors (Lipinski definition) is 1. The Morgan fingerprint density at radius 3 is 2.75 bits per heavy atom. The van der Waals surface area contributed by atoms with E-state index in [1.807, 2.05) is 0 Å². The van der Waals surface area contributed by atoms with Gasteiger partial charge in [-0.15, -0.1) is 0 Å². The van der Waals surface area contributed by atoms with Crippen molar-refractivity contribution in [3.8, 4) is 0 Å². The second-order valence-corrected chi connectivity index (χ2v) is 5.03. The molecular formula is C13H15IN2. The normalized spacial score (nSPS) is 10.8. The molecule has 1 aromatic carbocycles. The van der Waals surface area contributed by atoms with Gasteiger partial charge in [-0.2, -0.15) is 0 Å². The Balaban J connectivity index is 2.83. The Morgan fingerprint density at radius 2 is 2.06 bits per heavy atom. The van der Waals surface area contributed by atoms with E-state index in [-0.39, 0.29) is 0 Å². The average molecular weight is 326 g/mol. The fourth-order valence-electron chi connectivity index (χ4n) is 1.87. The van der Waals surface area contributed by atoms with E-state index in [1.165, 1.54) is 20.2 Å². The van der Waals surface area contributed by atoms with E-state index in [0.717, 1.165) is 17.8 Å². The van der Waals surface area contributed by atoms with E-state index in [4.69, 9.17) is 0 Å². The first-order valence-electron chi connectivity index (χ1n) is 5.44. The third-order valence-electron chi connectivity index (χ3n) is 2.81. The standard InChI is InChI=1S/C13H15IN2/c1-4-15-12-8(2)9(3)16-13-10(12)6-5-7-11(13)14/h5-7H,4H2,1-3H3,(H,15,16). The van der Waals surface area contributed by atoms with Crippen LogP contribution in [0.25, 0.3) is 10.9 Å². The summed E-state index contributed by atoms with van der Waals surface area (Å²) in [5.74, 6) is 0. The van der Waals surface area contributed by atoms with Gasteiger partial charge in [-0.05, 0) is 55.0 Å². The topological polar surface area (TPSA) is 24.9 Å². The Kier molecular flexibility index (Phi) is 3.33. The third-order valence-corrected chi connectivity index (χ3v) is 3.68. The molecule has 0 aliphatic rings. The Morgan fingerprint density at radius 1 is 1.31 bits per heavy atom. The van der Waals surface area contributed by atoms with Gasteiger partial charge in [0.05, 0.1) is 5.52 Å². The van der Waals surface area contributed by atoms with E-state index in [1.54, 1.807) is 0 Å². The number of aryl methyl sites for hydroxylation is 1. The molecule has 2 rings (SSSR count). The Hall–Kier alpha value is -0.840. The zero-order chi connectivity index (χ0) is 11.7. The molecule has 0 spiro atoms. The fraction of sp³-hybridized carbons (Fsp3) is 0.308. The number of halogens is 1. The van der Waals surface area contributed by atoms with Crippen LogP contribution < -0.4 is 5.32 Å². The van der Waals surface area contributed by atoms with Crippen LogP contribution in [0.5, 0.6) is 0 Å². The van der Waals surface area contributed by atoms with Crippen molar-refractivity contribution in [3.63, 3.8) is 0 Å². The quantitative estimate of drug-likeness (QED) is 0.847. The monoisotopic (exact) mass is 326 g/mol. The summed E-state index contributed by atoms with van der Waals surface area (Å²) >= 11 is 2.34. The van der Waals surface area contributed by atoms with Crippen LogP contribution in [-0.4, -0.2) is 11.5 Å². The maximum Gasteiger partial charge on any atom is 0.0859 e. The van der Waals surface area contributed by atoms with Crippen molar-refractivity contribution in [2.75, 3.05) is 11.9 Å². The van der Waals surface area contributed by atoms with E-state index < -0.39 is 0 Å². The summed E-state index contributed by atoms with van der Waals surface area (Å²) in [5, 5.41) is 4.66. The van der Waals surface area contributed by atoms with Gasteiger partial charge in [-0.3, -0.25) is 4.98 Å². The number of aromatic nitrogens is 1. The van der Waals surface area contributed by atoms with Gasteiger partial charge < -0.3 is 5.32 Å². The fourth-order valence-corrected chi connectivity index (χ4v) is 2.49. The first-order chi connectivity index (χ1) is 7.65. The van der Waals surface area contributed by atoms with E-state index in [0.29, 0.717) is 0 Å². The van der Waals surface area contributed by atoms with Gasteiger partial charge in [0, 0.05) is 26.9 Å². The molecule has 0 saturated carbocycles. The summed E-state index contributed by atoms with van der Waals surface area (Å²) in [6, 6.07) is 6.32. The van der Waals surface area contributed by atoms with Crippen molar-refractivity contribution in [3.05, 3.63) is 33.0 Å². The smallest absolute Gasteiger partial charge is 0.0859 e. The highest BCUT2D eigenvalue weighted by molar-refractivity contribution is 14.1. The number of nitrogens with zero attached hydrogens (tertiary/aromatic N) is 1. The van der Waals surface area contributed by atoms with Crippen LogP contribution in [0.2, 0.25) is 0 Å². The average Bonchev–Trinajstić information content (AvgIpc) is 2.26. The molecule has 0 aliphatic carbocycles. The number of hydrogen-bond acceptors (Lipinski definition) is 2. The number of pyridine rings is 1. The lowest BCUT2D eigenvalue weighted by Gasteiger charge is -2.14. The highest BCUT2D eigenvalue weighted by atomic mass is 127. The zero-order valence-corrected chi connectivity index (χ0v) is 11.9. The number of nitrogens with one attached hydrogen (secondary N) is 1. The van der Waals surface area contributed by atoms with Gasteiger partial charge >= 0.3 is 0 Å². The van der Waals surface area contributed by atoms with Crippen molar-refractivity contribution in [1.29, 1.82) is 0 Å². The van der Waals surface area contributed by atoms with Crippen LogP contribution in [0.3, 0.4) is 0 Å². The second-order valence-electron chi connectivity index (χ2n) is 3.86. The molecule has 0 aliphatic heterocycles. The highest BCUT2D eigenvalue weighted by Gasteiger charge is 2.09. The van der Waals surface area contributed by atoms with Gasteiger partial charge in [-0.1, -0.05) is 12.1 Å². The number of benzene rings is 1. The summed E-state index contributed by atoms with van der Waals surface area (Å²) in [5.41, 5.74) is 4.68. The minimum Gasteiger partial charge on any atom is -0.385 e. The molecule has 0 fully saturated rings. The molecule has 0 radical (unpaired) electrons. The molecular weight excluding hydrogens is 311 g/mol. The first-order valence-corrected chi connectivity index (χ1v) is 6.52. The molecule has 2 nitrogen and oxygen atoms in total. The van der Waals surface area contributed by atoms with Crippen LogP contribution in [0.1, 0.15) is 18.2 Å². The maximum absolute atomic E-state index is 4.67. The van der Waals surface area contributed by atoms with Crippen molar-refractivity contribution in [1.82, 2.24) is 4.98 Å². The first kappa shape index (κ1) is 11.6. The molecule has 16 heavy (non-hydrogen) atoms. The van der Waals surface area contributed by atoms with Crippen molar-refractivity contribution >= 4 is 39.2 Å². The molecule has 0 amide bonds. The van der Waals surface area contributed by atoms with E-state index in [9.17, 15) is 0 Å².